The van der Waals surface area contributed by atoms with Gasteiger partial charge in [0, 0.05) is 11.8 Å². The molecule has 0 aromatic carbocycles. The van der Waals surface area contributed by atoms with Gasteiger partial charge >= 0.3 is 5.97 Å². The van der Waals surface area contributed by atoms with Crippen LogP contribution in [0.25, 0.3) is 5.78 Å². The minimum Gasteiger partial charge on any atom is -0.476 e. The Morgan fingerprint density at radius 3 is 2.87 bits per heavy atom. The smallest absolute Gasteiger partial charge is 0.355 e. The zero-order valence-corrected chi connectivity index (χ0v) is 8.25. The summed E-state index contributed by atoms with van der Waals surface area (Å²) >= 11 is 0. The quantitative estimate of drug-likeness (QED) is 0.763. The number of fused-ring (bicyclic) bond motifs is 1. The monoisotopic (exact) mass is 207 g/mol. The van der Waals surface area contributed by atoms with Crippen LogP contribution in [0.15, 0.2) is 6.20 Å². The van der Waals surface area contributed by atoms with E-state index in [1.807, 2.05) is 13.8 Å². The highest BCUT2D eigenvalue weighted by Gasteiger charge is 2.19. The minimum absolute atomic E-state index is 0.0530. The molecular formula is C8H9N5O2. The predicted octanol–water partition coefficient (Wildman–Crippen LogP) is 0.341. The van der Waals surface area contributed by atoms with Crippen molar-refractivity contribution in [2.24, 2.45) is 0 Å². The Morgan fingerprint density at radius 2 is 2.27 bits per heavy atom. The molecule has 78 valence electrons. The number of tetrazole rings is 1. The molecule has 2 rings (SSSR count). The highest BCUT2D eigenvalue weighted by Crippen LogP contribution is 2.18. The van der Waals surface area contributed by atoms with Crippen LogP contribution in [0, 0.1) is 0 Å². The van der Waals surface area contributed by atoms with E-state index in [1.165, 1.54) is 6.20 Å². The van der Waals surface area contributed by atoms with Gasteiger partial charge < -0.3 is 5.11 Å². The van der Waals surface area contributed by atoms with Crippen molar-refractivity contribution in [3.63, 3.8) is 0 Å². The van der Waals surface area contributed by atoms with Gasteiger partial charge in [0.1, 0.15) is 0 Å². The molecule has 0 saturated carbocycles. The van der Waals surface area contributed by atoms with E-state index in [9.17, 15) is 4.79 Å². The van der Waals surface area contributed by atoms with Gasteiger partial charge in [-0.2, -0.15) is 4.52 Å². The lowest BCUT2D eigenvalue weighted by Crippen LogP contribution is -2.13. The standard InChI is InChI=1S/C8H9N5O2/c1-4(2)5-3-9-8-10-11-12-13(8)6(5)7(14)15/h3-4H,1-2H3,(H,14,15). The van der Waals surface area contributed by atoms with E-state index >= 15 is 0 Å². The van der Waals surface area contributed by atoms with Gasteiger partial charge in [-0.25, -0.2) is 9.78 Å². The maximum Gasteiger partial charge on any atom is 0.355 e. The van der Waals surface area contributed by atoms with Crippen LogP contribution in [0.4, 0.5) is 0 Å². The molecule has 0 fully saturated rings. The van der Waals surface area contributed by atoms with E-state index in [-0.39, 0.29) is 17.4 Å². The largest absolute Gasteiger partial charge is 0.476 e. The summed E-state index contributed by atoms with van der Waals surface area (Å²) in [7, 11) is 0. The van der Waals surface area contributed by atoms with Gasteiger partial charge in [-0.1, -0.05) is 18.9 Å². The molecule has 1 N–H and O–H groups in total. The van der Waals surface area contributed by atoms with E-state index in [0.717, 1.165) is 4.52 Å². The van der Waals surface area contributed by atoms with Gasteiger partial charge in [0.2, 0.25) is 0 Å². The van der Waals surface area contributed by atoms with Crippen molar-refractivity contribution >= 4 is 11.7 Å². The molecule has 0 saturated heterocycles. The van der Waals surface area contributed by atoms with Crippen molar-refractivity contribution in [2.75, 3.05) is 0 Å². The zero-order valence-electron chi connectivity index (χ0n) is 8.25. The number of aromatic carboxylic acids is 1. The molecule has 0 aliphatic rings. The summed E-state index contributed by atoms with van der Waals surface area (Å²) in [5, 5.41) is 19.7. The number of carboxylic acid groups (broad SMARTS) is 1. The van der Waals surface area contributed by atoms with Gasteiger partial charge in [-0.15, -0.1) is 0 Å². The maximum absolute atomic E-state index is 11.1. The third-order valence-electron chi connectivity index (χ3n) is 2.08. The van der Waals surface area contributed by atoms with Gasteiger partial charge in [0.25, 0.3) is 5.78 Å². The fourth-order valence-electron chi connectivity index (χ4n) is 1.35. The van der Waals surface area contributed by atoms with Crippen molar-refractivity contribution < 1.29 is 9.90 Å². The molecule has 7 nitrogen and oxygen atoms in total. The lowest BCUT2D eigenvalue weighted by atomic mass is 10.0. The van der Waals surface area contributed by atoms with E-state index in [2.05, 4.69) is 20.5 Å². The third kappa shape index (κ3) is 1.41. The first kappa shape index (κ1) is 9.50. The van der Waals surface area contributed by atoms with Crippen molar-refractivity contribution in [3.05, 3.63) is 17.5 Å². The number of hydrogen-bond acceptors (Lipinski definition) is 5. The van der Waals surface area contributed by atoms with Crippen LogP contribution in [-0.2, 0) is 0 Å². The van der Waals surface area contributed by atoms with Gasteiger partial charge in [0.05, 0.1) is 0 Å². The molecular weight excluding hydrogens is 198 g/mol. The first-order valence-corrected chi connectivity index (χ1v) is 4.41. The van der Waals surface area contributed by atoms with E-state index in [1.54, 1.807) is 0 Å². The second kappa shape index (κ2) is 3.26. The number of carboxylic acids is 1. The maximum atomic E-state index is 11.1. The molecule has 2 aromatic heterocycles. The van der Waals surface area contributed by atoms with Gasteiger partial charge in [0.15, 0.2) is 5.69 Å². The summed E-state index contributed by atoms with van der Waals surface area (Å²) in [6, 6.07) is 0. The number of aromatic nitrogens is 5. The Kier molecular flexibility index (Phi) is 2.07. The highest BCUT2D eigenvalue weighted by molar-refractivity contribution is 5.88. The average Bonchev–Trinajstić information content (AvgIpc) is 2.62. The summed E-state index contributed by atoms with van der Waals surface area (Å²) < 4.78 is 1.14. The minimum atomic E-state index is -1.06. The topological polar surface area (TPSA) is 93.3 Å². The molecule has 2 heterocycles. The number of rotatable bonds is 2. The van der Waals surface area contributed by atoms with Gasteiger partial charge in [-0.05, 0) is 16.3 Å². The summed E-state index contributed by atoms with van der Waals surface area (Å²) in [6.07, 6.45) is 1.50. The van der Waals surface area contributed by atoms with Crippen LogP contribution in [0.5, 0.6) is 0 Å². The molecule has 0 bridgehead atoms. The number of nitrogens with zero attached hydrogens (tertiary/aromatic N) is 5. The molecule has 0 spiro atoms. The van der Waals surface area contributed by atoms with Crippen molar-refractivity contribution in [3.8, 4) is 0 Å². The van der Waals surface area contributed by atoms with Crippen molar-refractivity contribution in [1.29, 1.82) is 0 Å². The number of hydrogen-bond donors (Lipinski definition) is 1. The Labute approximate surface area is 84.7 Å². The molecule has 2 aromatic rings. The lowest BCUT2D eigenvalue weighted by Gasteiger charge is -2.08. The number of carbonyl (C=O) groups is 1. The lowest BCUT2D eigenvalue weighted by molar-refractivity contribution is 0.0685. The molecule has 7 heteroatoms. The molecule has 0 atom stereocenters. The first-order chi connectivity index (χ1) is 7.11. The van der Waals surface area contributed by atoms with Gasteiger partial charge in [-0.3, -0.25) is 0 Å². The second-order valence-corrected chi connectivity index (χ2v) is 3.41. The Hall–Kier alpha value is -2.05. The summed E-state index contributed by atoms with van der Waals surface area (Å²) in [4.78, 5) is 15.1. The SMILES string of the molecule is CC(C)c1cnc2nnnn2c1C(=O)O. The first-order valence-electron chi connectivity index (χ1n) is 4.41. The highest BCUT2D eigenvalue weighted by atomic mass is 16.4. The van der Waals surface area contributed by atoms with Crippen LogP contribution in [0.1, 0.15) is 35.8 Å². The zero-order chi connectivity index (χ0) is 11.0. The fourth-order valence-corrected chi connectivity index (χ4v) is 1.35. The fraction of sp³-hybridized carbons (Fsp3) is 0.375. The van der Waals surface area contributed by atoms with Crippen LogP contribution >= 0.6 is 0 Å². The molecule has 0 aliphatic heterocycles. The predicted molar refractivity (Wildman–Crippen MR) is 49.6 cm³/mol. The molecule has 0 amide bonds. The van der Waals surface area contributed by atoms with Crippen molar-refractivity contribution in [1.82, 2.24) is 25.0 Å². The molecule has 0 unspecified atom stereocenters. The van der Waals surface area contributed by atoms with Crippen LogP contribution in [0.2, 0.25) is 0 Å². The molecule has 0 radical (unpaired) electrons. The Bertz CT molecular complexity index is 519. The van der Waals surface area contributed by atoms with Crippen molar-refractivity contribution in [2.45, 2.75) is 19.8 Å². The second-order valence-electron chi connectivity index (χ2n) is 3.41. The summed E-state index contributed by atoms with van der Waals surface area (Å²) in [6.45, 7) is 3.78. The molecule has 15 heavy (non-hydrogen) atoms. The average molecular weight is 207 g/mol. The Morgan fingerprint density at radius 1 is 1.53 bits per heavy atom. The van der Waals surface area contributed by atoms with E-state index < -0.39 is 5.97 Å². The van der Waals surface area contributed by atoms with E-state index in [0.29, 0.717) is 5.56 Å². The Balaban J connectivity index is 2.81. The third-order valence-corrected chi connectivity index (χ3v) is 2.08. The van der Waals surface area contributed by atoms with Crippen LogP contribution in [-0.4, -0.2) is 36.1 Å². The van der Waals surface area contributed by atoms with E-state index in [4.69, 9.17) is 5.11 Å². The van der Waals surface area contributed by atoms with Crippen LogP contribution in [0.3, 0.4) is 0 Å². The normalized spacial score (nSPS) is 11.1. The van der Waals surface area contributed by atoms with Crippen LogP contribution < -0.4 is 0 Å². The molecule has 0 aliphatic carbocycles. The summed E-state index contributed by atoms with van der Waals surface area (Å²) in [5.74, 6) is -0.813. The summed E-state index contributed by atoms with van der Waals surface area (Å²) in [5.41, 5.74) is 0.683.